The van der Waals surface area contributed by atoms with E-state index in [1.54, 1.807) is 6.07 Å². The minimum Gasteiger partial charge on any atom is -0.442 e. The quantitative estimate of drug-likeness (QED) is 0.796. The SMILES string of the molecule is CC(C)c1cc(N)nn1C(=O)OC(C)(C)C. The Balaban J connectivity index is 2.99. The van der Waals surface area contributed by atoms with Gasteiger partial charge < -0.3 is 10.5 Å². The van der Waals surface area contributed by atoms with Crippen molar-refractivity contribution in [1.29, 1.82) is 0 Å². The maximum absolute atomic E-state index is 11.8. The number of nitrogens with two attached hydrogens (primary N) is 1. The summed E-state index contributed by atoms with van der Waals surface area (Å²) in [4.78, 5) is 11.8. The first-order valence-electron chi connectivity index (χ1n) is 5.29. The second-order valence-corrected chi connectivity index (χ2v) is 5.04. The van der Waals surface area contributed by atoms with Crippen molar-refractivity contribution in [2.24, 2.45) is 0 Å². The number of ether oxygens (including phenoxy) is 1. The van der Waals surface area contributed by atoms with Gasteiger partial charge in [0.2, 0.25) is 0 Å². The predicted octanol–water partition coefficient (Wildman–Crippen LogP) is 2.37. The van der Waals surface area contributed by atoms with E-state index in [-0.39, 0.29) is 5.92 Å². The molecule has 0 amide bonds. The van der Waals surface area contributed by atoms with Crippen molar-refractivity contribution in [2.75, 3.05) is 5.73 Å². The van der Waals surface area contributed by atoms with Crippen molar-refractivity contribution >= 4 is 11.9 Å². The molecule has 0 bridgehead atoms. The summed E-state index contributed by atoms with van der Waals surface area (Å²) in [6.07, 6.45) is -0.493. The van der Waals surface area contributed by atoms with Gasteiger partial charge in [-0.2, -0.15) is 4.68 Å². The van der Waals surface area contributed by atoms with E-state index in [1.807, 2.05) is 34.6 Å². The molecule has 0 aliphatic heterocycles. The number of aromatic nitrogens is 2. The van der Waals surface area contributed by atoms with Crippen LogP contribution in [0.5, 0.6) is 0 Å². The first-order valence-corrected chi connectivity index (χ1v) is 5.29. The molecule has 0 saturated heterocycles. The van der Waals surface area contributed by atoms with Gasteiger partial charge in [-0.15, -0.1) is 5.10 Å². The zero-order chi connectivity index (χ0) is 12.5. The van der Waals surface area contributed by atoms with Crippen LogP contribution in [-0.2, 0) is 4.74 Å². The summed E-state index contributed by atoms with van der Waals surface area (Å²) in [6, 6.07) is 1.69. The molecule has 5 heteroatoms. The van der Waals surface area contributed by atoms with Crippen molar-refractivity contribution in [2.45, 2.75) is 46.1 Å². The molecule has 5 nitrogen and oxygen atoms in total. The lowest BCUT2D eigenvalue weighted by Gasteiger charge is -2.20. The highest BCUT2D eigenvalue weighted by Crippen LogP contribution is 2.18. The average Bonchev–Trinajstić information content (AvgIpc) is 2.44. The lowest BCUT2D eigenvalue weighted by Crippen LogP contribution is -2.29. The minimum absolute atomic E-state index is 0.164. The van der Waals surface area contributed by atoms with Crippen LogP contribution in [0.2, 0.25) is 0 Å². The molecule has 1 aromatic rings. The van der Waals surface area contributed by atoms with Gasteiger partial charge in [0.05, 0.1) is 5.69 Å². The van der Waals surface area contributed by atoms with E-state index in [0.717, 1.165) is 5.69 Å². The molecule has 16 heavy (non-hydrogen) atoms. The molecule has 0 saturated carbocycles. The molecule has 0 aromatic carbocycles. The van der Waals surface area contributed by atoms with Gasteiger partial charge in [-0.1, -0.05) is 13.8 Å². The van der Waals surface area contributed by atoms with E-state index in [9.17, 15) is 4.79 Å². The lowest BCUT2D eigenvalue weighted by molar-refractivity contribution is 0.0508. The van der Waals surface area contributed by atoms with Crippen LogP contribution < -0.4 is 5.73 Å². The first-order chi connectivity index (χ1) is 7.20. The van der Waals surface area contributed by atoms with Gasteiger partial charge in [0.15, 0.2) is 0 Å². The number of hydrogen-bond donors (Lipinski definition) is 1. The number of carbonyl (C=O) groups excluding carboxylic acids is 1. The number of carbonyl (C=O) groups is 1. The highest BCUT2D eigenvalue weighted by molar-refractivity contribution is 5.71. The Labute approximate surface area is 95.6 Å². The Bertz CT molecular complexity index is 388. The van der Waals surface area contributed by atoms with Crippen LogP contribution in [-0.4, -0.2) is 21.5 Å². The standard InChI is InChI=1S/C11H19N3O2/c1-7(2)8-6-9(12)13-14(8)10(15)16-11(3,4)5/h6-7H,1-5H3,(H2,12,13). The van der Waals surface area contributed by atoms with Gasteiger partial charge in [-0.25, -0.2) is 4.79 Å². The fourth-order valence-electron chi connectivity index (χ4n) is 1.28. The van der Waals surface area contributed by atoms with Crippen LogP contribution in [0.4, 0.5) is 10.6 Å². The van der Waals surface area contributed by atoms with E-state index in [4.69, 9.17) is 10.5 Å². The molecular weight excluding hydrogens is 206 g/mol. The Kier molecular flexibility index (Phi) is 3.26. The molecule has 0 spiro atoms. The summed E-state index contributed by atoms with van der Waals surface area (Å²) in [6.45, 7) is 9.38. The van der Waals surface area contributed by atoms with Crippen LogP contribution in [0.15, 0.2) is 6.07 Å². The molecule has 0 unspecified atom stereocenters. The van der Waals surface area contributed by atoms with Gasteiger partial charge in [-0.3, -0.25) is 0 Å². The second kappa shape index (κ2) is 4.15. The van der Waals surface area contributed by atoms with Crippen LogP contribution >= 0.6 is 0 Å². The molecule has 0 aliphatic rings. The maximum Gasteiger partial charge on any atom is 0.435 e. The van der Waals surface area contributed by atoms with Gasteiger partial charge in [0.1, 0.15) is 11.4 Å². The molecule has 0 fully saturated rings. The molecular formula is C11H19N3O2. The van der Waals surface area contributed by atoms with Crippen LogP contribution in [0, 0.1) is 0 Å². The summed E-state index contributed by atoms with van der Waals surface area (Å²) < 4.78 is 6.46. The van der Waals surface area contributed by atoms with Crippen LogP contribution in [0.1, 0.15) is 46.2 Å². The highest BCUT2D eigenvalue weighted by Gasteiger charge is 2.22. The third kappa shape index (κ3) is 2.98. The largest absolute Gasteiger partial charge is 0.442 e. The number of rotatable bonds is 1. The summed E-state index contributed by atoms with van der Waals surface area (Å²) in [5.74, 6) is 0.492. The van der Waals surface area contributed by atoms with Crippen LogP contribution in [0.25, 0.3) is 0 Å². The first kappa shape index (κ1) is 12.5. The molecule has 1 aromatic heterocycles. The van der Waals surface area contributed by atoms with Crippen molar-refractivity contribution in [3.05, 3.63) is 11.8 Å². The maximum atomic E-state index is 11.8. The number of hydrogen-bond acceptors (Lipinski definition) is 4. The predicted molar refractivity (Wildman–Crippen MR) is 62.4 cm³/mol. The number of nitrogen functional groups attached to an aromatic ring is 1. The molecule has 90 valence electrons. The molecule has 0 radical (unpaired) electrons. The van der Waals surface area contributed by atoms with E-state index in [1.165, 1.54) is 4.68 Å². The zero-order valence-electron chi connectivity index (χ0n) is 10.4. The van der Waals surface area contributed by atoms with Gasteiger partial charge in [-0.05, 0) is 26.7 Å². The highest BCUT2D eigenvalue weighted by atomic mass is 16.6. The Morgan fingerprint density at radius 3 is 2.50 bits per heavy atom. The zero-order valence-corrected chi connectivity index (χ0v) is 10.4. The average molecular weight is 225 g/mol. The van der Waals surface area contributed by atoms with E-state index in [0.29, 0.717) is 5.82 Å². The van der Waals surface area contributed by atoms with E-state index in [2.05, 4.69) is 5.10 Å². The summed E-state index contributed by atoms with van der Waals surface area (Å²) in [7, 11) is 0. The molecule has 0 aliphatic carbocycles. The van der Waals surface area contributed by atoms with E-state index >= 15 is 0 Å². The Morgan fingerprint density at radius 2 is 2.06 bits per heavy atom. The fraction of sp³-hybridized carbons (Fsp3) is 0.636. The third-order valence-electron chi connectivity index (χ3n) is 1.91. The molecule has 0 atom stereocenters. The topological polar surface area (TPSA) is 70.1 Å². The van der Waals surface area contributed by atoms with Crippen molar-refractivity contribution in [1.82, 2.24) is 9.78 Å². The monoisotopic (exact) mass is 225 g/mol. The normalized spacial score (nSPS) is 11.9. The smallest absolute Gasteiger partial charge is 0.435 e. The third-order valence-corrected chi connectivity index (χ3v) is 1.91. The van der Waals surface area contributed by atoms with Crippen molar-refractivity contribution in [3.8, 4) is 0 Å². The summed E-state index contributed by atoms with van der Waals surface area (Å²) in [5.41, 5.74) is 5.80. The minimum atomic E-state index is -0.536. The fourth-order valence-corrected chi connectivity index (χ4v) is 1.28. The lowest BCUT2D eigenvalue weighted by atomic mass is 10.1. The summed E-state index contributed by atoms with van der Waals surface area (Å²) >= 11 is 0. The Morgan fingerprint density at radius 1 is 1.50 bits per heavy atom. The van der Waals surface area contributed by atoms with E-state index < -0.39 is 11.7 Å². The Hall–Kier alpha value is -1.52. The molecule has 2 N–H and O–H groups in total. The van der Waals surface area contributed by atoms with Crippen molar-refractivity contribution < 1.29 is 9.53 Å². The van der Waals surface area contributed by atoms with Crippen LogP contribution in [0.3, 0.4) is 0 Å². The van der Waals surface area contributed by atoms with Gasteiger partial charge in [0.25, 0.3) is 0 Å². The van der Waals surface area contributed by atoms with Crippen molar-refractivity contribution in [3.63, 3.8) is 0 Å². The molecule has 1 heterocycles. The number of anilines is 1. The van der Waals surface area contributed by atoms with Gasteiger partial charge in [0, 0.05) is 6.07 Å². The second-order valence-electron chi connectivity index (χ2n) is 5.04. The summed E-state index contributed by atoms with van der Waals surface area (Å²) in [5, 5.41) is 3.94. The number of nitrogens with zero attached hydrogens (tertiary/aromatic N) is 2. The van der Waals surface area contributed by atoms with Gasteiger partial charge >= 0.3 is 6.09 Å². The molecule has 1 rings (SSSR count).